The Bertz CT molecular complexity index is 1060. The summed E-state index contributed by atoms with van der Waals surface area (Å²) in [7, 11) is 0. The molecule has 0 atom stereocenters. The van der Waals surface area contributed by atoms with Gasteiger partial charge in [-0.3, -0.25) is 0 Å². The zero-order valence-corrected chi connectivity index (χ0v) is 16.7. The van der Waals surface area contributed by atoms with Crippen molar-refractivity contribution in [1.82, 2.24) is 14.8 Å². The maximum atomic E-state index is 12.5. The SMILES string of the molecule is CC(C)c1cc(-c2n[nH]c(=O)n2-c2ccc(N3CCCCC3)cc2)c(O)cc1O. The highest BCUT2D eigenvalue weighted by molar-refractivity contribution is 5.69. The van der Waals surface area contributed by atoms with Gasteiger partial charge in [-0.15, -0.1) is 0 Å². The van der Waals surface area contributed by atoms with E-state index < -0.39 is 0 Å². The van der Waals surface area contributed by atoms with Crippen molar-refractivity contribution < 1.29 is 10.2 Å². The van der Waals surface area contributed by atoms with Crippen molar-refractivity contribution in [3.63, 3.8) is 0 Å². The molecule has 152 valence electrons. The Labute approximate surface area is 169 Å². The molecule has 7 nitrogen and oxygen atoms in total. The number of anilines is 1. The van der Waals surface area contributed by atoms with E-state index in [1.807, 2.05) is 38.1 Å². The van der Waals surface area contributed by atoms with Crippen LogP contribution < -0.4 is 10.6 Å². The third-order valence-corrected chi connectivity index (χ3v) is 5.51. The van der Waals surface area contributed by atoms with Gasteiger partial charge in [0, 0.05) is 24.8 Å². The van der Waals surface area contributed by atoms with Crippen LogP contribution in [0.1, 0.15) is 44.6 Å². The van der Waals surface area contributed by atoms with E-state index in [9.17, 15) is 15.0 Å². The van der Waals surface area contributed by atoms with Crippen LogP contribution in [0.5, 0.6) is 11.5 Å². The molecule has 1 saturated heterocycles. The molecular weight excluding hydrogens is 368 g/mol. The molecule has 0 radical (unpaired) electrons. The Morgan fingerprint density at radius 1 is 0.966 bits per heavy atom. The average molecular weight is 394 g/mol. The molecule has 0 bridgehead atoms. The van der Waals surface area contributed by atoms with Gasteiger partial charge in [-0.2, -0.15) is 5.10 Å². The van der Waals surface area contributed by atoms with Gasteiger partial charge in [0.1, 0.15) is 11.5 Å². The van der Waals surface area contributed by atoms with Gasteiger partial charge in [0.25, 0.3) is 0 Å². The largest absolute Gasteiger partial charge is 0.508 e. The number of phenols is 2. The van der Waals surface area contributed by atoms with Crippen molar-refractivity contribution in [1.29, 1.82) is 0 Å². The topological polar surface area (TPSA) is 94.4 Å². The lowest BCUT2D eigenvalue weighted by molar-refractivity contribution is 0.444. The smallest absolute Gasteiger partial charge is 0.348 e. The highest BCUT2D eigenvalue weighted by atomic mass is 16.3. The first-order valence-electron chi connectivity index (χ1n) is 10.0. The molecule has 1 fully saturated rings. The van der Waals surface area contributed by atoms with Gasteiger partial charge in [-0.1, -0.05) is 13.8 Å². The second kappa shape index (κ2) is 7.66. The lowest BCUT2D eigenvalue weighted by atomic mass is 9.98. The third kappa shape index (κ3) is 3.60. The number of rotatable bonds is 4. The van der Waals surface area contributed by atoms with Crippen LogP contribution in [0.4, 0.5) is 5.69 Å². The van der Waals surface area contributed by atoms with Crippen LogP contribution in [-0.4, -0.2) is 38.1 Å². The van der Waals surface area contributed by atoms with Gasteiger partial charge < -0.3 is 15.1 Å². The first kappa shape index (κ1) is 19.1. The number of benzene rings is 2. The van der Waals surface area contributed by atoms with Crippen molar-refractivity contribution in [3.05, 3.63) is 52.4 Å². The normalized spacial score (nSPS) is 14.5. The zero-order chi connectivity index (χ0) is 20.5. The Morgan fingerprint density at radius 2 is 1.62 bits per heavy atom. The fourth-order valence-electron chi connectivity index (χ4n) is 3.92. The van der Waals surface area contributed by atoms with E-state index in [1.165, 1.54) is 29.9 Å². The summed E-state index contributed by atoms with van der Waals surface area (Å²) in [4.78, 5) is 14.9. The highest BCUT2D eigenvalue weighted by Gasteiger charge is 2.20. The second-order valence-corrected chi connectivity index (χ2v) is 7.83. The van der Waals surface area contributed by atoms with Crippen molar-refractivity contribution in [2.75, 3.05) is 18.0 Å². The predicted octanol–water partition coefficient (Wildman–Crippen LogP) is 3.75. The summed E-state index contributed by atoms with van der Waals surface area (Å²) < 4.78 is 1.44. The molecule has 1 aliphatic rings. The number of nitrogens with one attached hydrogen (secondary N) is 1. The molecule has 0 saturated carbocycles. The summed E-state index contributed by atoms with van der Waals surface area (Å²) in [5.41, 5.74) is 2.49. The highest BCUT2D eigenvalue weighted by Crippen LogP contribution is 2.37. The van der Waals surface area contributed by atoms with E-state index in [4.69, 9.17) is 0 Å². The number of H-pyrrole nitrogens is 1. The number of hydrogen-bond acceptors (Lipinski definition) is 5. The molecule has 1 aromatic heterocycles. The minimum absolute atomic E-state index is 0.0246. The van der Waals surface area contributed by atoms with E-state index >= 15 is 0 Å². The number of piperidine rings is 1. The second-order valence-electron chi connectivity index (χ2n) is 7.83. The maximum Gasteiger partial charge on any atom is 0.348 e. The van der Waals surface area contributed by atoms with Gasteiger partial charge in [-0.05, 0) is 61.1 Å². The third-order valence-electron chi connectivity index (χ3n) is 5.51. The van der Waals surface area contributed by atoms with Crippen LogP contribution in [0.3, 0.4) is 0 Å². The summed E-state index contributed by atoms with van der Waals surface area (Å²) in [5, 5.41) is 27.1. The first-order valence-corrected chi connectivity index (χ1v) is 10.0. The average Bonchev–Trinajstić information content (AvgIpc) is 3.10. The van der Waals surface area contributed by atoms with Crippen molar-refractivity contribution in [2.24, 2.45) is 0 Å². The number of hydrogen-bond donors (Lipinski definition) is 3. The molecule has 2 heterocycles. The van der Waals surface area contributed by atoms with E-state index in [0.717, 1.165) is 18.8 Å². The number of nitrogens with zero attached hydrogens (tertiary/aromatic N) is 3. The number of aromatic nitrogens is 3. The Balaban J connectivity index is 1.75. The van der Waals surface area contributed by atoms with Crippen LogP contribution in [0.2, 0.25) is 0 Å². The van der Waals surface area contributed by atoms with Gasteiger partial charge in [0.15, 0.2) is 5.82 Å². The molecule has 0 spiro atoms. The lowest BCUT2D eigenvalue weighted by Crippen LogP contribution is -2.29. The fraction of sp³-hybridized carbons (Fsp3) is 0.364. The van der Waals surface area contributed by atoms with Crippen molar-refractivity contribution in [2.45, 2.75) is 39.0 Å². The van der Waals surface area contributed by atoms with Crippen molar-refractivity contribution in [3.8, 4) is 28.6 Å². The molecule has 3 N–H and O–H groups in total. The van der Waals surface area contributed by atoms with E-state index in [0.29, 0.717) is 22.6 Å². The van der Waals surface area contributed by atoms with Crippen LogP contribution in [-0.2, 0) is 0 Å². The standard InChI is InChI=1S/C22H26N4O3/c1-14(2)17-12-18(20(28)13-19(17)27)21-23-24-22(29)26(21)16-8-6-15(7-9-16)25-10-4-3-5-11-25/h6-9,12-14,27-28H,3-5,10-11H2,1-2H3,(H,24,29). The summed E-state index contributed by atoms with van der Waals surface area (Å²) >= 11 is 0. The van der Waals surface area contributed by atoms with E-state index in [-0.39, 0.29) is 23.1 Å². The molecule has 0 unspecified atom stereocenters. The molecule has 0 aliphatic carbocycles. The fourth-order valence-corrected chi connectivity index (χ4v) is 3.92. The maximum absolute atomic E-state index is 12.5. The van der Waals surface area contributed by atoms with Crippen LogP contribution >= 0.6 is 0 Å². The summed E-state index contributed by atoms with van der Waals surface area (Å²) in [5.74, 6) is 0.256. The van der Waals surface area contributed by atoms with E-state index in [1.54, 1.807) is 6.07 Å². The minimum Gasteiger partial charge on any atom is -0.508 e. The Hall–Kier alpha value is -3.22. The molecule has 0 amide bonds. The summed E-state index contributed by atoms with van der Waals surface area (Å²) in [6.45, 7) is 6.00. The van der Waals surface area contributed by atoms with Gasteiger partial charge in [-0.25, -0.2) is 14.5 Å². The number of phenolic OH excluding ortho intramolecular Hbond substituents is 2. The van der Waals surface area contributed by atoms with Gasteiger partial charge in [0.05, 0.1) is 11.3 Å². The molecule has 29 heavy (non-hydrogen) atoms. The van der Waals surface area contributed by atoms with Gasteiger partial charge >= 0.3 is 5.69 Å². The predicted molar refractivity (Wildman–Crippen MR) is 113 cm³/mol. The molecule has 7 heteroatoms. The van der Waals surface area contributed by atoms with Crippen molar-refractivity contribution >= 4 is 5.69 Å². The van der Waals surface area contributed by atoms with Gasteiger partial charge in [0.2, 0.25) is 0 Å². The Morgan fingerprint density at radius 3 is 2.28 bits per heavy atom. The number of aromatic amines is 1. The van der Waals surface area contributed by atoms with E-state index in [2.05, 4.69) is 15.1 Å². The molecular formula is C22H26N4O3. The molecule has 3 aromatic rings. The summed E-state index contributed by atoms with van der Waals surface area (Å²) in [6, 6.07) is 10.8. The van der Waals surface area contributed by atoms with Crippen LogP contribution in [0.15, 0.2) is 41.2 Å². The molecule has 2 aromatic carbocycles. The minimum atomic E-state index is -0.385. The quantitative estimate of drug-likeness (QED) is 0.626. The zero-order valence-electron chi connectivity index (χ0n) is 16.7. The summed E-state index contributed by atoms with van der Waals surface area (Å²) in [6.07, 6.45) is 3.67. The first-order chi connectivity index (χ1) is 14.0. The van der Waals surface area contributed by atoms with Crippen LogP contribution in [0, 0.1) is 0 Å². The molecule has 1 aliphatic heterocycles. The van der Waals surface area contributed by atoms with Crippen LogP contribution in [0.25, 0.3) is 17.1 Å². The Kier molecular flexibility index (Phi) is 5.05. The lowest BCUT2D eigenvalue weighted by Gasteiger charge is -2.28. The number of aromatic hydroxyl groups is 2. The molecule has 4 rings (SSSR count). The monoisotopic (exact) mass is 394 g/mol.